The molecule has 0 aromatic carbocycles. The molecule has 0 saturated heterocycles. The molecule has 0 aliphatic heterocycles. The molecule has 1 nitrogen and oxygen atoms in total. The first kappa shape index (κ1) is 13.4. The van der Waals surface area contributed by atoms with E-state index in [1.807, 2.05) is 0 Å². The van der Waals surface area contributed by atoms with E-state index in [-0.39, 0.29) is 12.4 Å². The Kier molecular flexibility index (Phi) is 12.0. The highest BCUT2D eigenvalue weighted by Gasteiger charge is 1.82. The maximum Gasteiger partial charge on any atom is 0.0141 e. The fourth-order valence-corrected chi connectivity index (χ4v) is 0.627. The van der Waals surface area contributed by atoms with Crippen molar-refractivity contribution in [3.05, 3.63) is 11.8 Å². The van der Waals surface area contributed by atoms with E-state index in [9.17, 15) is 0 Å². The van der Waals surface area contributed by atoms with Gasteiger partial charge in [-0.2, -0.15) is 0 Å². The molecule has 0 fully saturated rings. The van der Waals surface area contributed by atoms with E-state index in [1.54, 1.807) is 0 Å². The predicted octanol–water partition coefficient (Wildman–Crippen LogP) is 3.11. The van der Waals surface area contributed by atoms with Gasteiger partial charge in [-0.25, -0.2) is 0 Å². The van der Waals surface area contributed by atoms with Crippen molar-refractivity contribution in [1.29, 1.82) is 0 Å². The second-order valence-electron chi connectivity index (χ2n) is 2.65. The molecule has 1 N–H and O–H groups in total. The largest absolute Gasteiger partial charge is 0.391 e. The van der Waals surface area contributed by atoms with Crippen LogP contribution >= 0.6 is 12.4 Å². The summed E-state index contributed by atoms with van der Waals surface area (Å²) in [5, 5.41) is 3.27. The van der Waals surface area contributed by atoms with Crippen LogP contribution in [0.3, 0.4) is 0 Å². The molecule has 2 heteroatoms. The summed E-state index contributed by atoms with van der Waals surface area (Å²) in [4.78, 5) is 0. The van der Waals surface area contributed by atoms with Gasteiger partial charge >= 0.3 is 0 Å². The van der Waals surface area contributed by atoms with Crippen LogP contribution in [0.1, 0.15) is 40.0 Å². The molecule has 0 aliphatic carbocycles. The molecule has 11 heavy (non-hydrogen) atoms. The van der Waals surface area contributed by atoms with Crippen LogP contribution < -0.4 is 5.32 Å². The lowest BCUT2D eigenvalue weighted by molar-refractivity contribution is 0.730. The number of hydrogen-bond donors (Lipinski definition) is 1. The zero-order valence-corrected chi connectivity index (χ0v) is 8.63. The second-order valence-corrected chi connectivity index (χ2v) is 2.65. The summed E-state index contributed by atoms with van der Waals surface area (Å²) in [5.74, 6) is 0. The molecule has 0 amide bonds. The monoisotopic (exact) mass is 177 g/mol. The maximum atomic E-state index is 3.27. The Morgan fingerprint density at radius 2 is 2.00 bits per heavy atom. The van der Waals surface area contributed by atoms with Crippen molar-refractivity contribution >= 4 is 12.4 Å². The standard InChI is InChI=1S/C9H19N.ClH/c1-4-6-7-10-8-9(3)5-2;/h8,10H,4-7H2,1-3H3;1H. The minimum Gasteiger partial charge on any atom is -0.391 e. The third-order valence-corrected chi connectivity index (χ3v) is 1.58. The number of halogens is 1. The van der Waals surface area contributed by atoms with Gasteiger partial charge in [0.2, 0.25) is 0 Å². The maximum absolute atomic E-state index is 3.27. The Hall–Kier alpha value is -0.170. The Morgan fingerprint density at radius 1 is 1.36 bits per heavy atom. The Bertz CT molecular complexity index is 99.7. The van der Waals surface area contributed by atoms with E-state index in [1.165, 1.54) is 18.4 Å². The van der Waals surface area contributed by atoms with E-state index < -0.39 is 0 Å². The average Bonchev–Trinajstić information content (AvgIpc) is 1.98. The molecule has 0 bridgehead atoms. The first-order valence-corrected chi connectivity index (χ1v) is 4.20. The van der Waals surface area contributed by atoms with Crippen molar-refractivity contribution in [3.63, 3.8) is 0 Å². The first-order valence-electron chi connectivity index (χ1n) is 4.20. The van der Waals surface area contributed by atoms with E-state index in [4.69, 9.17) is 0 Å². The van der Waals surface area contributed by atoms with Gasteiger partial charge in [0.05, 0.1) is 0 Å². The quantitative estimate of drug-likeness (QED) is 0.637. The van der Waals surface area contributed by atoms with Gasteiger partial charge in [-0.1, -0.05) is 25.8 Å². The Labute approximate surface area is 76.7 Å². The number of rotatable bonds is 5. The number of hydrogen-bond acceptors (Lipinski definition) is 1. The van der Waals surface area contributed by atoms with E-state index in [2.05, 4.69) is 32.3 Å². The SMILES string of the molecule is CCCCNC=C(C)CC.Cl. The van der Waals surface area contributed by atoms with Crippen LogP contribution in [0.4, 0.5) is 0 Å². The summed E-state index contributed by atoms with van der Waals surface area (Å²) in [7, 11) is 0. The molecule has 0 aliphatic rings. The van der Waals surface area contributed by atoms with Gasteiger partial charge in [-0.15, -0.1) is 12.4 Å². The molecule has 0 aromatic heterocycles. The molecule has 68 valence electrons. The summed E-state index contributed by atoms with van der Waals surface area (Å²) < 4.78 is 0. The second kappa shape index (κ2) is 9.83. The highest BCUT2D eigenvalue weighted by molar-refractivity contribution is 5.85. The van der Waals surface area contributed by atoms with Crippen LogP contribution in [0.15, 0.2) is 11.8 Å². The number of unbranched alkanes of at least 4 members (excludes halogenated alkanes) is 1. The summed E-state index contributed by atoms with van der Waals surface area (Å²) in [6, 6.07) is 0. The topological polar surface area (TPSA) is 12.0 Å². The Balaban J connectivity index is 0. The van der Waals surface area contributed by atoms with Gasteiger partial charge < -0.3 is 5.32 Å². The smallest absolute Gasteiger partial charge is 0.0141 e. The molecule has 0 rings (SSSR count). The van der Waals surface area contributed by atoms with Crippen LogP contribution in [-0.4, -0.2) is 6.54 Å². The predicted molar refractivity (Wildman–Crippen MR) is 54.2 cm³/mol. The van der Waals surface area contributed by atoms with Crippen molar-refractivity contribution in [1.82, 2.24) is 5.32 Å². The lowest BCUT2D eigenvalue weighted by atomic mass is 10.2. The molecule has 0 aromatic rings. The average molecular weight is 178 g/mol. The highest BCUT2D eigenvalue weighted by atomic mass is 35.5. The van der Waals surface area contributed by atoms with Gasteiger partial charge in [0.15, 0.2) is 0 Å². The fraction of sp³-hybridized carbons (Fsp3) is 0.778. The van der Waals surface area contributed by atoms with Crippen molar-refractivity contribution < 1.29 is 0 Å². The van der Waals surface area contributed by atoms with Gasteiger partial charge in [0.25, 0.3) is 0 Å². The van der Waals surface area contributed by atoms with Crippen molar-refractivity contribution in [3.8, 4) is 0 Å². The van der Waals surface area contributed by atoms with Crippen LogP contribution in [-0.2, 0) is 0 Å². The third-order valence-electron chi connectivity index (χ3n) is 1.58. The van der Waals surface area contributed by atoms with E-state index in [0.717, 1.165) is 13.0 Å². The fourth-order valence-electron chi connectivity index (χ4n) is 0.627. The third kappa shape index (κ3) is 9.83. The van der Waals surface area contributed by atoms with Gasteiger partial charge in [-0.05, 0) is 26.0 Å². The molecule has 0 spiro atoms. The molecular weight excluding hydrogens is 158 g/mol. The number of nitrogens with one attached hydrogen (secondary N) is 1. The minimum absolute atomic E-state index is 0. The molecule has 0 radical (unpaired) electrons. The number of allylic oxidation sites excluding steroid dienone is 1. The summed E-state index contributed by atoms with van der Waals surface area (Å²) in [6.45, 7) is 7.65. The zero-order chi connectivity index (χ0) is 7.82. The minimum atomic E-state index is 0. The molecule has 0 atom stereocenters. The van der Waals surface area contributed by atoms with Gasteiger partial charge in [0, 0.05) is 6.54 Å². The molecule has 0 unspecified atom stereocenters. The van der Waals surface area contributed by atoms with Crippen molar-refractivity contribution in [2.24, 2.45) is 0 Å². The Morgan fingerprint density at radius 3 is 2.45 bits per heavy atom. The van der Waals surface area contributed by atoms with Crippen LogP contribution in [0.5, 0.6) is 0 Å². The lowest BCUT2D eigenvalue weighted by Gasteiger charge is -1.99. The summed E-state index contributed by atoms with van der Waals surface area (Å²) in [5.41, 5.74) is 1.43. The first-order chi connectivity index (χ1) is 4.81. The van der Waals surface area contributed by atoms with Crippen LogP contribution in [0.2, 0.25) is 0 Å². The zero-order valence-electron chi connectivity index (χ0n) is 7.81. The molecular formula is C9H20ClN. The van der Waals surface area contributed by atoms with Crippen molar-refractivity contribution in [2.75, 3.05) is 6.54 Å². The molecule has 0 heterocycles. The summed E-state index contributed by atoms with van der Waals surface area (Å²) >= 11 is 0. The summed E-state index contributed by atoms with van der Waals surface area (Å²) in [6.07, 6.45) is 5.81. The van der Waals surface area contributed by atoms with Gasteiger partial charge in [-0.3, -0.25) is 0 Å². The van der Waals surface area contributed by atoms with E-state index in [0.29, 0.717) is 0 Å². The normalized spacial score (nSPS) is 10.6. The van der Waals surface area contributed by atoms with E-state index >= 15 is 0 Å². The lowest BCUT2D eigenvalue weighted by Crippen LogP contribution is -2.06. The van der Waals surface area contributed by atoms with Gasteiger partial charge in [0.1, 0.15) is 0 Å². The van der Waals surface area contributed by atoms with Crippen LogP contribution in [0, 0.1) is 0 Å². The van der Waals surface area contributed by atoms with Crippen LogP contribution in [0.25, 0.3) is 0 Å². The molecule has 0 saturated carbocycles. The van der Waals surface area contributed by atoms with Crippen molar-refractivity contribution in [2.45, 2.75) is 40.0 Å². The highest BCUT2D eigenvalue weighted by Crippen LogP contribution is 1.94.